The molecule has 1 aliphatic heterocycles. The Hall–Kier alpha value is -2.25. The van der Waals surface area contributed by atoms with Gasteiger partial charge in [-0.1, -0.05) is 6.92 Å². The van der Waals surface area contributed by atoms with Crippen LogP contribution in [-0.2, 0) is 17.8 Å². The van der Waals surface area contributed by atoms with Crippen LogP contribution in [0.2, 0.25) is 0 Å². The molecule has 0 saturated heterocycles. The number of amides is 1. The van der Waals surface area contributed by atoms with Crippen molar-refractivity contribution in [1.82, 2.24) is 24.6 Å². The molecule has 4 rings (SSSR count). The molecule has 2 N–H and O–H groups in total. The number of carbonyl (C=O) groups excluding carboxylic acids is 1. The lowest BCUT2D eigenvalue weighted by Gasteiger charge is -2.29. The number of nitrogens with two attached hydrogens (primary N) is 1. The molecule has 0 spiro atoms. The van der Waals surface area contributed by atoms with Crippen LogP contribution in [-0.4, -0.2) is 69.2 Å². The molecular formula is C22H33N6O+. The third-order valence-corrected chi connectivity index (χ3v) is 6.11. The summed E-state index contributed by atoms with van der Waals surface area (Å²) in [5.74, 6) is 0.254. The summed E-state index contributed by atoms with van der Waals surface area (Å²) < 4.78 is 1.91. The van der Waals surface area contributed by atoms with Crippen LogP contribution in [0.4, 0.5) is 0 Å². The summed E-state index contributed by atoms with van der Waals surface area (Å²) >= 11 is 0. The Morgan fingerprint density at radius 3 is 2.97 bits per heavy atom. The summed E-state index contributed by atoms with van der Waals surface area (Å²) in [5.41, 5.74) is 3.33. The molecule has 7 heteroatoms. The van der Waals surface area contributed by atoms with Gasteiger partial charge in [-0.25, -0.2) is 4.68 Å². The van der Waals surface area contributed by atoms with Gasteiger partial charge in [0.1, 0.15) is 0 Å². The van der Waals surface area contributed by atoms with E-state index in [1.165, 1.54) is 24.8 Å². The highest BCUT2D eigenvalue weighted by atomic mass is 16.2. The largest absolute Gasteiger partial charge is 0.342 e. The molecule has 3 heterocycles. The molecular weight excluding hydrogens is 364 g/mol. The number of hydrogen-bond donors (Lipinski definition) is 1. The normalized spacial score (nSPS) is 17.0. The highest BCUT2D eigenvalue weighted by molar-refractivity contribution is 5.78. The average molecular weight is 398 g/mol. The van der Waals surface area contributed by atoms with E-state index in [1.54, 1.807) is 6.20 Å². The summed E-state index contributed by atoms with van der Waals surface area (Å²) in [5, 5.41) is 7.18. The Kier molecular flexibility index (Phi) is 6.56. The summed E-state index contributed by atoms with van der Waals surface area (Å²) in [4.78, 5) is 21.4. The van der Waals surface area contributed by atoms with Crippen molar-refractivity contribution >= 4 is 5.91 Å². The molecule has 7 nitrogen and oxygen atoms in total. The lowest BCUT2D eigenvalue weighted by molar-refractivity contribution is -0.698. The van der Waals surface area contributed by atoms with Gasteiger partial charge in [0.05, 0.1) is 43.3 Å². The second kappa shape index (κ2) is 9.50. The predicted molar refractivity (Wildman–Crippen MR) is 112 cm³/mol. The Morgan fingerprint density at radius 2 is 2.24 bits per heavy atom. The monoisotopic (exact) mass is 397 g/mol. The fourth-order valence-electron chi connectivity index (χ4n) is 4.18. The maximum absolute atomic E-state index is 12.9. The quantitative estimate of drug-likeness (QED) is 0.685. The molecule has 29 heavy (non-hydrogen) atoms. The molecule has 0 unspecified atom stereocenters. The average Bonchev–Trinajstić information content (AvgIpc) is 3.13. The maximum atomic E-state index is 12.9. The molecule has 0 atom stereocenters. The maximum Gasteiger partial charge on any atom is 0.236 e. The highest BCUT2D eigenvalue weighted by Gasteiger charge is 2.25. The van der Waals surface area contributed by atoms with Gasteiger partial charge in [-0.3, -0.25) is 14.7 Å². The lowest BCUT2D eigenvalue weighted by atomic mass is 9.93. The molecule has 0 aromatic carbocycles. The number of pyridine rings is 1. The van der Waals surface area contributed by atoms with Crippen molar-refractivity contribution in [2.75, 3.05) is 32.7 Å². The number of nitrogens with zero attached hydrogens (tertiary/aromatic N) is 5. The first kappa shape index (κ1) is 20.0. The summed E-state index contributed by atoms with van der Waals surface area (Å²) in [7, 11) is 0. The number of rotatable bonds is 9. The summed E-state index contributed by atoms with van der Waals surface area (Å²) in [6.45, 7) is 7.02. The van der Waals surface area contributed by atoms with Crippen molar-refractivity contribution in [3.63, 3.8) is 0 Å². The van der Waals surface area contributed by atoms with E-state index in [0.29, 0.717) is 6.54 Å². The second-order valence-corrected chi connectivity index (χ2v) is 8.31. The standard InChI is InChI=1S/C22H32N6O/c1-2-11-27(13-10-24-19-5-3-6-19)22(29)17-26-12-8-18-15-28(25-21(18)16-26)20-7-4-9-23-14-20/h4,7,9,14-15,19,24H,2-3,5-6,8,10-13,16-17H2,1H3/p+1. The zero-order valence-corrected chi connectivity index (χ0v) is 17.5. The minimum atomic E-state index is 0.254. The van der Waals surface area contributed by atoms with Gasteiger partial charge >= 0.3 is 0 Å². The van der Waals surface area contributed by atoms with Crippen molar-refractivity contribution in [3.05, 3.63) is 42.0 Å². The van der Waals surface area contributed by atoms with Crippen LogP contribution in [0, 0.1) is 0 Å². The van der Waals surface area contributed by atoms with Crippen molar-refractivity contribution in [1.29, 1.82) is 0 Å². The molecule has 1 aliphatic carbocycles. The van der Waals surface area contributed by atoms with Crippen LogP contribution < -0.4 is 5.32 Å². The Morgan fingerprint density at radius 1 is 1.34 bits per heavy atom. The molecule has 0 radical (unpaired) electrons. The van der Waals surface area contributed by atoms with Gasteiger partial charge in [-0.2, -0.15) is 5.10 Å². The number of hydrogen-bond acceptors (Lipinski definition) is 4. The van der Waals surface area contributed by atoms with Crippen LogP contribution in [0.5, 0.6) is 0 Å². The second-order valence-electron chi connectivity index (χ2n) is 8.31. The van der Waals surface area contributed by atoms with Crippen molar-refractivity contribution in [3.8, 4) is 5.69 Å². The minimum Gasteiger partial charge on any atom is -0.342 e. The van der Waals surface area contributed by atoms with Crippen LogP contribution in [0.3, 0.4) is 0 Å². The zero-order chi connectivity index (χ0) is 20.1. The third kappa shape index (κ3) is 5.03. The molecule has 2 aromatic rings. The first-order valence-electron chi connectivity index (χ1n) is 11.0. The van der Waals surface area contributed by atoms with E-state index in [2.05, 4.69) is 33.2 Å². The van der Waals surface area contributed by atoms with Crippen LogP contribution in [0.1, 0.15) is 43.9 Å². The van der Waals surface area contributed by atoms with Gasteiger partial charge in [0.15, 0.2) is 0 Å². The number of quaternary nitrogens is 1. The van der Waals surface area contributed by atoms with E-state index in [4.69, 9.17) is 5.10 Å². The smallest absolute Gasteiger partial charge is 0.236 e. The van der Waals surface area contributed by atoms with Gasteiger partial charge in [0, 0.05) is 32.0 Å². The fourth-order valence-corrected chi connectivity index (χ4v) is 4.18. The van der Waals surface area contributed by atoms with Crippen LogP contribution in [0.15, 0.2) is 30.7 Å². The summed E-state index contributed by atoms with van der Waals surface area (Å²) in [6, 6.07) is 4.73. The third-order valence-electron chi connectivity index (χ3n) is 6.11. The number of carbonyl (C=O) groups is 1. The van der Waals surface area contributed by atoms with E-state index in [9.17, 15) is 4.79 Å². The molecule has 1 saturated carbocycles. The topological polar surface area (TPSA) is 70.9 Å². The van der Waals surface area contributed by atoms with Gasteiger partial charge in [-0.15, -0.1) is 0 Å². The summed E-state index contributed by atoms with van der Waals surface area (Å²) in [6.07, 6.45) is 11.7. The Labute approximate surface area is 173 Å². The van der Waals surface area contributed by atoms with E-state index >= 15 is 0 Å². The Bertz CT molecular complexity index is 801. The van der Waals surface area contributed by atoms with Crippen LogP contribution >= 0.6 is 0 Å². The fraction of sp³-hybridized carbons (Fsp3) is 0.591. The van der Waals surface area contributed by atoms with E-state index in [-0.39, 0.29) is 5.91 Å². The molecule has 0 bridgehead atoms. The molecule has 2 aliphatic rings. The number of aromatic nitrogens is 3. The van der Waals surface area contributed by atoms with Gasteiger partial charge in [0.2, 0.25) is 5.91 Å². The first-order valence-corrected chi connectivity index (χ1v) is 11.0. The lowest BCUT2D eigenvalue weighted by Crippen LogP contribution is -2.92. The SMILES string of the molecule is CCCN(CC[NH2+]C1CCC1)C(=O)CN1CCc2cn(-c3cccnc3)nc2C1. The zero-order valence-electron chi connectivity index (χ0n) is 17.5. The highest BCUT2D eigenvalue weighted by Crippen LogP contribution is 2.19. The molecule has 1 amide bonds. The van der Waals surface area contributed by atoms with E-state index in [1.807, 2.05) is 23.0 Å². The number of fused-ring (bicyclic) bond motifs is 1. The van der Waals surface area contributed by atoms with Crippen molar-refractivity contribution in [2.45, 2.75) is 51.6 Å². The van der Waals surface area contributed by atoms with Crippen molar-refractivity contribution < 1.29 is 10.1 Å². The van der Waals surface area contributed by atoms with Gasteiger partial charge in [0.25, 0.3) is 0 Å². The molecule has 2 aromatic heterocycles. The minimum absolute atomic E-state index is 0.254. The first-order chi connectivity index (χ1) is 14.2. The van der Waals surface area contributed by atoms with Gasteiger partial charge in [-0.05, 0) is 49.8 Å². The molecule has 156 valence electrons. The van der Waals surface area contributed by atoms with E-state index < -0.39 is 0 Å². The Balaban J connectivity index is 1.32. The van der Waals surface area contributed by atoms with Crippen molar-refractivity contribution in [2.24, 2.45) is 0 Å². The van der Waals surface area contributed by atoms with Crippen LogP contribution in [0.25, 0.3) is 5.69 Å². The molecule has 1 fully saturated rings. The van der Waals surface area contributed by atoms with Gasteiger partial charge < -0.3 is 10.2 Å². The predicted octanol–water partition coefficient (Wildman–Crippen LogP) is 0.980. The van der Waals surface area contributed by atoms with E-state index in [0.717, 1.165) is 63.0 Å².